The van der Waals surface area contributed by atoms with Gasteiger partial charge in [-0.15, -0.1) is 0 Å². The molecule has 0 unspecified atom stereocenters. The van der Waals surface area contributed by atoms with Gasteiger partial charge in [0, 0.05) is 22.3 Å². The lowest BCUT2D eigenvalue weighted by Crippen LogP contribution is -1.97. The van der Waals surface area contributed by atoms with E-state index in [4.69, 9.17) is 16.7 Å². The number of halogens is 2. The third-order valence-corrected chi connectivity index (χ3v) is 3.32. The highest BCUT2D eigenvalue weighted by Crippen LogP contribution is 2.29. The summed E-state index contributed by atoms with van der Waals surface area (Å²) in [6.07, 6.45) is 0.592. The van der Waals surface area contributed by atoms with Crippen LogP contribution in [-0.4, -0.2) is 16.1 Å². The van der Waals surface area contributed by atoms with E-state index in [1.54, 1.807) is 6.07 Å². The number of nitrogens with one attached hydrogen (secondary N) is 1. The Kier molecular flexibility index (Phi) is 3.21. The molecule has 2 rings (SSSR count). The van der Waals surface area contributed by atoms with Crippen LogP contribution in [-0.2, 0) is 11.2 Å². The third-order valence-electron chi connectivity index (χ3n) is 2.40. The average molecular weight is 303 g/mol. The summed E-state index contributed by atoms with van der Waals surface area (Å²) in [6, 6.07) is 5.52. The van der Waals surface area contributed by atoms with Crippen LogP contribution in [0.1, 0.15) is 12.0 Å². The second kappa shape index (κ2) is 4.47. The molecular weight excluding hydrogens is 293 g/mol. The number of aromatic amines is 1. The fourth-order valence-electron chi connectivity index (χ4n) is 1.66. The van der Waals surface area contributed by atoms with Gasteiger partial charge in [-0.1, -0.05) is 11.6 Å². The zero-order valence-electron chi connectivity index (χ0n) is 8.26. The quantitative estimate of drug-likeness (QED) is 0.910. The van der Waals surface area contributed by atoms with Crippen LogP contribution in [0.2, 0.25) is 5.02 Å². The first-order valence-electron chi connectivity index (χ1n) is 4.75. The second-order valence-corrected chi connectivity index (χ2v) is 4.73. The van der Waals surface area contributed by atoms with Gasteiger partial charge in [-0.2, -0.15) is 0 Å². The van der Waals surface area contributed by atoms with Gasteiger partial charge in [-0.3, -0.25) is 4.79 Å². The smallest absolute Gasteiger partial charge is 0.303 e. The van der Waals surface area contributed by atoms with Gasteiger partial charge < -0.3 is 10.1 Å². The van der Waals surface area contributed by atoms with Gasteiger partial charge in [0.05, 0.1) is 4.60 Å². The molecule has 84 valence electrons. The lowest BCUT2D eigenvalue weighted by Gasteiger charge is -1.98. The summed E-state index contributed by atoms with van der Waals surface area (Å²) in [4.78, 5) is 13.7. The minimum Gasteiger partial charge on any atom is -0.481 e. The molecule has 0 spiro atoms. The Balaban J connectivity index is 2.45. The zero-order valence-corrected chi connectivity index (χ0v) is 10.6. The largest absolute Gasteiger partial charge is 0.481 e. The molecule has 0 atom stereocenters. The highest BCUT2D eigenvalue weighted by atomic mass is 79.9. The van der Waals surface area contributed by atoms with E-state index in [9.17, 15) is 4.79 Å². The number of carboxylic acid groups (broad SMARTS) is 1. The van der Waals surface area contributed by atoms with Crippen molar-refractivity contribution in [3.63, 3.8) is 0 Å². The number of benzene rings is 1. The van der Waals surface area contributed by atoms with Crippen molar-refractivity contribution in [1.82, 2.24) is 4.98 Å². The van der Waals surface area contributed by atoms with Crippen molar-refractivity contribution in [2.45, 2.75) is 12.8 Å². The minimum absolute atomic E-state index is 0.109. The molecule has 5 heteroatoms. The first kappa shape index (κ1) is 11.5. The van der Waals surface area contributed by atoms with Gasteiger partial charge in [0.15, 0.2) is 0 Å². The van der Waals surface area contributed by atoms with Gasteiger partial charge in [0.25, 0.3) is 0 Å². The Morgan fingerprint density at radius 2 is 2.25 bits per heavy atom. The molecule has 0 saturated heterocycles. The summed E-state index contributed by atoms with van der Waals surface area (Å²) >= 11 is 9.31. The van der Waals surface area contributed by atoms with Crippen LogP contribution < -0.4 is 0 Å². The predicted molar refractivity (Wildman–Crippen MR) is 67.0 cm³/mol. The lowest BCUT2D eigenvalue weighted by atomic mass is 10.1. The Hall–Kier alpha value is -1.00. The minimum atomic E-state index is -0.803. The Bertz CT molecular complexity index is 550. The number of aromatic nitrogens is 1. The molecular formula is C11H9BrClNO2. The third kappa shape index (κ3) is 2.23. The van der Waals surface area contributed by atoms with Crippen molar-refractivity contribution >= 4 is 44.4 Å². The fourth-order valence-corrected chi connectivity index (χ4v) is 2.46. The van der Waals surface area contributed by atoms with Crippen LogP contribution in [0.15, 0.2) is 22.8 Å². The molecule has 0 aliphatic rings. The number of hydrogen-bond acceptors (Lipinski definition) is 1. The highest BCUT2D eigenvalue weighted by molar-refractivity contribution is 9.10. The summed E-state index contributed by atoms with van der Waals surface area (Å²) in [5, 5.41) is 10.3. The first-order valence-corrected chi connectivity index (χ1v) is 5.92. The van der Waals surface area contributed by atoms with Crippen LogP contribution in [0.5, 0.6) is 0 Å². The summed E-state index contributed by atoms with van der Waals surface area (Å²) in [6.45, 7) is 0. The fraction of sp³-hybridized carbons (Fsp3) is 0.182. The van der Waals surface area contributed by atoms with Crippen molar-refractivity contribution in [2.24, 2.45) is 0 Å². The standard InChI is InChI=1S/C11H9BrClNO2/c12-11-7(2-4-10(15)16)8-5-6(13)1-3-9(8)14-11/h1,3,5,14H,2,4H2,(H,15,16). The maximum Gasteiger partial charge on any atom is 0.303 e. The van der Waals surface area contributed by atoms with E-state index in [1.807, 2.05) is 12.1 Å². The first-order chi connectivity index (χ1) is 7.58. The van der Waals surface area contributed by atoms with Crippen LogP contribution in [0.3, 0.4) is 0 Å². The summed E-state index contributed by atoms with van der Waals surface area (Å²) in [5.41, 5.74) is 1.91. The topological polar surface area (TPSA) is 53.1 Å². The SMILES string of the molecule is O=C(O)CCc1c(Br)[nH]c2ccc(Cl)cc12. The summed E-state index contributed by atoms with van der Waals surface area (Å²) in [7, 11) is 0. The molecule has 1 aromatic carbocycles. The zero-order chi connectivity index (χ0) is 11.7. The molecule has 0 aliphatic carbocycles. The monoisotopic (exact) mass is 301 g/mol. The average Bonchev–Trinajstić information content (AvgIpc) is 2.51. The van der Waals surface area contributed by atoms with Gasteiger partial charge >= 0.3 is 5.97 Å². The highest BCUT2D eigenvalue weighted by Gasteiger charge is 2.11. The second-order valence-electron chi connectivity index (χ2n) is 3.50. The van der Waals surface area contributed by atoms with Crippen molar-refractivity contribution in [2.75, 3.05) is 0 Å². The molecule has 2 N–H and O–H groups in total. The van der Waals surface area contributed by atoms with Crippen LogP contribution in [0.4, 0.5) is 0 Å². The molecule has 0 radical (unpaired) electrons. The van der Waals surface area contributed by atoms with E-state index < -0.39 is 5.97 Å². The van der Waals surface area contributed by atoms with Gasteiger partial charge in [0.2, 0.25) is 0 Å². The number of hydrogen-bond donors (Lipinski definition) is 2. The molecule has 0 amide bonds. The van der Waals surface area contributed by atoms with E-state index in [-0.39, 0.29) is 6.42 Å². The van der Waals surface area contributed by atoms with Crippen molar-refractivity contribution in [1.29, 1.82) is 0 Å². The number of carboxylic acids is 1. The molecule has 3 nitrogen and oxygen atoms in total. The van der Waals surface area contributed by atoms with Gasteiger partial charge in [0.1, 0.15) is 0 Å². The van der Waals surface area contributed by atoms with Crippen LogP contribution in [0, 0.1) is 0 Å². The number of H-pyrrole nitrogens is 1. The predicted octanol–water partition coefficient (Wildman–Crippen LogP) is 3.60. The van der Waals surface area contributed by atoms with E-state index in [2.05, 4.69) is 20.9 Å². The summed E-state index contributed by atoms with van der Waals surface area (Å²) in [5.74, 6) is -0.803. The molecule has 16 heavy (non-hydrogen) atoms. The Morgan fingerprint density at radius 1 is 1.50 bits per heavy atom. The molecule has 0 aliphatic heterocycles. The molecule has 1 aromatic heterocycles. The number of carbonyl (C=O) groups is 1. The van der Waals surface area contributed by atoms with Gasteiger partial charge in [-0.25, -0.2) is 0 Å². The summed E-state index contributed by atoms with van der Waals surface area (Å²) < 4.78 is 0.825. The lowest BCUT2D eigenvalue weighted by molar-refractivity contribution is -0.136. The number of fused-ring (bicyclic) bond motifs is 1. The number of aryl methyl sites for hydroxylation is 1. The molecule has 0 saturated carbocycles. The Morgan fingerprint density at radius 3 is 2.94 bits per heavy atom. The van der Waals surface area contributed by atoms with E-state index in [1.165, 1.54) is 0 Å². The normalized spacial score (nSPS) is 10.9. The molecule has 0 bridgehead atoms. The van der Waals surface area contributed by atoms with Gasteiger partial charge in [-0.05, 0) is 46.1 Å². The van der Waals surface area contributed by atoms with Crippen LogP contribution >= 0.6 is 27.5 Å². The van der Waals surface area contributed by atoms with E-state index in [0.29, 0.717) is 11.4 Å². The van der Waals surface area contributed by atoms with Crippen molar-refractivity contribution in [3.05, 3.63) is 33.4 Å². The number of rotatable bonds is 3. The number of aliphatic carboxylic acids is 1. The van der Waals surface area contributed by atoms with E-state index in [0.717, 1.165) is 21.1 Å². The van der Waals surface area contributed by atoms with E-state index >= 15 is 0 Å². The van der Waals surface area contributed by atoms with Crippen molar-refractivity contribution in [3.8, 4) is 0 Å². The maximum absolute atomic E-state index is 10.6. The molecule has 0 fully saturated rings. The Labute approximate surface area is 106 Å². The van der Waals surface area contributed by atoms with Crippen molar-refractivity contribution < 1.29 is 9.90 Å². The maximum atomic E-state index is 10.6. The molecule has 1 heterocycles. The van der Waals surface area contributed by atoms with Crippen LogP contribution in [0.25, 0.3) is 10.9 Å². The molecule has 2 aromatic rings.